The van der Waals surface area contributed by atoms with E-state index in [0.29, 0.717) is 33.0 Å². The Morgan fingerprint density at radius 3 is 1.24 bits per heavy atom. The number of hydrogen-bond acceptors (Lipinski definition) is 6. The van der Waals surface area contributed by atoms with Gasteiger partial charge in [0.1, 0.15) is 14.0 Å². The van der Waals surface area contributed by atoms with Crippen molar-refractivity contribution in [1.82, 2.24) is 0 Å². The molecule has 0 saturated carbocycles. The molecule has 246 valence electrons. The Balaban J connectivity index is 5.29. The Morgan fingerprint density at radius 2 is 0.857 bits per heavy atom. The van der Waals surface area contributed by atoms with Crippen LogP contribution in [0.3, 0.4) is 0 Å². The van der Waals surface area contributed by atoms with Gasteiger partial charge in [0.15, 0.2) is 0 Å². The van der Waals surface area contributed by atoms with Gasteiger partial charge in [-0.1, -0.05) is 18.2 Å². The van der Waals surface area contributed by atoms with Crippen molar-refractivity contribution in [3.63, 3.8) is 0 Å². The van der Waals surface area contributed by atoms with E-state index >= 15 is 0 Å². The molecule has 6 nitrogen and oxygen atoms in total. The lowest BCUT2D eigenvalue weighted by molar-refractivity contribution is -0.177. The molecule has 42 heavy (non-hydrogen) atoms. The fourth-order valence-electron chi connectivity index (χ4n) is 4.35. The van der Waals surface area contributed by atoms with Crippen LogP contribution in [0.5, 0.6) is 0 Å². The molecule has 0 bridgehead atoms. The lowest BCUT2D eigenvalue weighted by Crippen LogP contribution is -2.42. The van der Waals surface area contributed by atoms with Crippen molar-refractivity contribution in [2.45, 2.75) is 154 Å². The maximum absolute atomic E-state index is 6.65. The minimum Gasteiger partial charge on any atom is -0.384 e. The zero-order valence-corrected chi connectivity index (χ0v) is 29.7. The predicted octanol–water partition coefficient (Wildman–Crippen LogP) is 7.60. The molecular formula is C35H67BO6. The van der Waals surface area contributed by atoms with Gasteiger partial charge in [-0.05, 0) is 115 Å². The van der Waals surface area contributed by atoms with E-state index in [-0.39, 0.29) is 34.0 Å². The van der Waals surface area contributed by atoms with Crippen LogP contribution in [-0.4, -0.2) is 80.5 Å². The zero-order chi connectivity index (χ0) is 32.7. The van der Waals surface area contributed by atoms with Gasteiger partial charge in [0.05, 0.1) is 54.4 Å². The highest BCUT2D eigenvalue weighted by Crippen LogP contribution is 2.25. The molecule has 0 spiro atoms. The van der Waals surface area contributed by atoms with E-state index in [4.69, 9.17) is 28.4 Å². The average Bonchev–Trinajstić information content (AvgIpc) is 2.79. The second kappa shape index (κ2) is 18.1. The third kappa shape index (κ3) is 20.9. The highest BCUT2D eigenvalue weighted by Gasteiger charge is 2.31. The summed E-state index contributed by atoms with van der Waals surface area (Å²) in [6, 6.07) is 0. The Bertz CT molecular complexity index is 740. The first kappa shape index (κ1) is 41.0. The summed E-state index contributed by atoms with van der Waals surface area (Å²) in [6.45, 7) is 37.2. The van der Waals surface area contributed by atoms with Gasteiger partial charge in [-0.15, -0.1) is 19.7 Å². The zero-order valence-electron chi connectivity index (χ0n) is 29.7. The van der Waals surface area contributed by atoms with E-state index in [9.17, 15) is 0 Å². The van der Waals surface area contributed by atoms with Crippen LogP contribution in [0.4, 0.5) is 0 Å². The Morgan fingerprint density at radius 1 is 0.500 bits per heavy atom. The summed E-state index contributed by atoms with van der Waals surface area (Å²) in [5.41, 5.74) is -1.91. The summed E-state index contributed by atoms with van der Waals surface area (Å²) >= 11 is 0. The molecular weight excluding hydrogens is 527 g/mol. The van der Waals surface area contributed by atoms with Crippen LogP contribution in [-0.2, 0) is 28.4 Å². The van der Waals surface area contributed by atoms with Gasteiger partial charge < -0.3 is 28.4 Å². The van der Waals surface area contributed by atoms with Crippen molar-refractivity contribution in [1.29, 1.82) is 0 Å². The third-order valence-corrected chi connectivity index (χ3v) is 7.30. The van der Waals surface area contributed by atoms with E-state index < -0.39 is 5.60 Å². The number of rotatable bonds is 26. The first-order valence-corrected chi connectivity index (χ1v) is 15.8. The molecule has 0 fully saturated rings. The maximum atomic E-state index is 6.65. The minimum atomic E-state index is -0.425. The molecule has 0 N–H and O–H groups in total. The van der Waals surface area contributed by atoms with Gasteiger partial charge >= 0.3 is 0 Å². The first-order chi connectivity index (χ1) is 19.1. The van der Waals surface area contributed by atoms with E-state index in [2.05, 4.69) is 104 Å². The molecule has 2 atom stereocenters. The van der Waals surface area contributed by atoms with Gasteiger partial charge in [0, 0.05) is 12.1 Å². The molecule has 2 unspecified atom stereocenters. The summed E-state index contributed by atoms with van der Waals surface area (Å²) in [7, 11) is 2.08. The molecule has 0 aliphatic carbocycles. The van der Waals surface area contributed by atoms with Gasteiger partial charge in [0.25, 0.3) is 0 Å². The summed E-state index contributed by atoms with van der Waals surface area (Å²) < 4.78 is 37.9. The third-order valence-electron chi connectivity index (χ3n) is 7.30. The topological polar surface area (TPSA) is 55.4 Å². The SMILES string of the molecule is BC(C)(CC=C)OCCC(C)(C)OCC(COC(C)(C)CCOC(C)(C)CC=C)OC(C)(C)CCOC(C)(C)CC=C. The standard InChI is InChI=1S/C35H67BO6/c1-15-18-30(4,5)37-24-21-32(8,9)40-27-29(42-34(12,13)23-25-38-31(6,7)19-16-2)28-41-33(10,11)22-26-39-35(14,36)20-17-3/h15-17,29H,1-3,18-28,36H2,4-14H3. The smallest absolute Gasteiger partial charge is 0.143 e. The van der Waals surface area contributed by atoms with Crippen molar-refractivity contribution in [3.8, 4) is 0 Å². The molecule has 0 aliphatic heterocycles. The van der Waals surface area contributed by atoms with Crippen LogP contribution in [0.2, 0.25) is 0 Å². The average molecular weight is 595 g/mol. The molecule has 0 rings (SSSR count). The van der Waals surface area contributed by atoms with Crippen molar-refractivity contribution >= 4 is 7.85 Å². The molecule has 0 aromatic heterocycles. The first-order valence-electron chi connectivity index (χ1n) is 15.8. The van der Waals surface area contributed by atoms with Crippen molar-refractivity contribution in [2.24, 2.45) is 0 Å². The second-order valence-corrected chi connectivity index (χ2v) is 15.2. The van der Waals surface area contributed by atoms with Crippen LogP contribution in [0.25, 0.3) is 0 Å². The second-order valence-electron chi connectivity index (χ2n) is 15.2. The molecule has 0 aromatic rings. The Kier molecular flexibility index (Phi) is 17.7. The lowest BCUT2D eigenvalue weighted by Gasteiger charge is -2.36. The van der Waals surface area contributed by atoms with E-state index in [0.717, 1.165) is 38.5 Å². The summed E-state index contributed by atoms with van der Waals surface area (Å²) in [4.78, 5) is 0. The van der Waals surface area contributed by atoms with Crippen LogP contribution >= 0.6 is 0 Å². The van der Waals surface area contributed by atoms with Crippen LogP contribution in [0, 0.1) is 0 Å². The Labute approximate surface area is 261 Å². The maximum Gasteiger partial charge on any atom is 0.143 e. The predicted molar refractivity (Wildman–Crippen MR) is 180 cm³/mol. The van der Waals surface area contributed by atoms with Gasteiger partial charge in [-0.25, -0.2) is 0 Å². The number of hydrogen-bond donors (Lipinski definition) is 0. The molecule has 0 saturated heterocycles. The van der Waals surface area contributed by atoms with Crippen molar-refractivity contribution in [2.75, 3.05) is 33.0 Å². The molecule has 0 aliphatic rings. The van der Waals surface area contributed by atoms with Crippen molar-refractivity contribution in [3.05, 3.63) is 38.0 Å². The van der Waals surface area contributed by atoms with Crippen LogP contribution in [0.1, 0.15) is 115 Å². The summed E-state index contributed by atoms with van der Waals surface area (Å²) in [6.07, 6.45) is 10.1. The molecule has 0 amide bonds. The van der Waals surface area contributed by atoms with Crippen molar-refractivity contribution < 1.29 is 28.4 Å². The van der Waals surface area contributed by atoms with E-state index in [1.54, 1.807) is 0 Å². The Hall–Kier alpha value is -0.955. The number of ether oxygens (including phenoxy) is 6. The van der Waals surface area contributed by atoms with Crippen LogP contribution < -0.4 is 0 Å². The summed E-state index contributed by atoms with van der Waals surface area (Å²) in [5.74, 6) is 0. The van der Waals surface area contributed by atoms with E-state index in [1.807, 2.05) is 18.2 Å². The lowest BCUT2D eigenvalue weighted by atomic mass is 9.80. The van der Waals surface area contributed by atoms with Crippen LogP contribution in [0.15, 0.2) is 38.0 Å². The minimum absolute atomic E-state index is 0.236. The largest absolute Gasteiger partial charge is 0.384 e. The normalized spacial score (nSPS) is 15.7. The van der Waals surface area contributed by atoms with Gasteiger partial charge in [0.2, 0.25) is 0 Å². The molecule has 0 radical (unpaired) electrons. The molecule has 0 aromatic carbocycles. The van der Waals surface area contributed by atoms with E-state index in [1.165, 1.54) is 0 Å². The highest BCUT2D eigenvalue weighted by atomic mass is 16.6. The quantitative estimate of drug-likeness (QED) is 0.0760. The fourth-order valence-corrected chi connectivity index (χ4v) is 4.35. The summed E-state index contributed by atoms with van der Waals surface area (Å²) in [5, 5.41) is 0. The van der Waals surface area contributed by atoms with Gasteiger partial charge in [-0.3, -0.25) is 0 Å². The molecule has 0 heterocycles. The highest BCUT2D eigenvalue weighted by molar-refractivity contribution is 6.14. The van der Waals surface area contributed by atoms with Gasteiger partial charge in [-0.2, -0.15) is 0 Å². The fraction of sp³-hybridized carbons (Fsp3) is 0.829. The monoisotopic (exact) mass is 595 g/mol. The molecule has 7 heteroatoms.